The lowest BCUT2D eigenvalue weighted by molar-refractivity contribution is 0.905. The summed E-state index contributed by atoms with van der Waals surface area (Å²) < 4.78 is 0. The standard InChI is InChI=1S/C15H20N2S/c1-11-10-13(17(3)4)7-8-14(11)16-12(2)15-6-5-9-18-15/h5-10,12,16H,1-4H3. The first kappa shape index (κ1) is 13.0. The van der Waals surface area contributed by atoms with Crippen LogP contribution in [0.2, 0.25) is 0 Å². The molecule has 0 amide bonds. The minimum absolute atomic E-state index is 0.355. The van der Waals surface area contributed by atoms with Crippen molar-refractivity contribution in [3.8, 4) is 0 Å². The Hall–Kier alpha value is -1.48. The van der Waals surface area contributed by atoms with Crippen LogP contribution in [0.1, 0.15) is 23.4 Å². The Labute approximate surface area is 113 Å². The molecule has 1 aromatic carbocycles. The van der Waals surface area contributed by atoms with E-state index in [0.29, 0.717) is 6.04 Å². The van der Waals surface area contributed by atoms with E-state index in [9.17, 15) is 0 Å². The first-order valence-corrected chi connectivity index (χ1v) is 7.04. The molecule has 1 atom stereocenters. The summed E-state index contributed by atoms with van der Waals surface area (Å²) in [5, 5.41) is 5.69. The summed E-state index contributed by atoms with van der Waals surface area (Å²) in [6.07, 6.45) is 0. The van der Waals surface area contributed by atoms with E-state index in [2.05, 4.69) is 73.9 Å². The lowest BCUT2D eigenvalue weighted by atomic mass is 10.1. The second-order valence-electron chi connectivity index (χ2n) is 4.78. The third-order valence-electron chi connectivity index (χ3n) is 3.07. The first-order chi connectivity index (χ1) is 8.58. The van der Waals surface area contributed by atoms with Gasteiger partial charge in [-0.15, -0.1) is 11.3 Å². The second-order valence-corrected chi connectivity index (χ2v) is 5.75. The number of anilines is 2. The van der Waals surface area contributed by atoms with Crippen LogP contribution >= 0.6 is 11.3 Å². The maximum Gasteiger partial charge on any atom is 0.0578 e. The summed E-state index contributed by atoms with van der Waals surface area (Å²) in [5.41, 5.74) is 3.73. The zero-order valence-corrected chi connectivity index (χ0v) is 12.2. The van der Waals surface area contributed by atoms with Crippen molar-refractivity contribution in [3.63, 3.8) is 0 Å². The van der Waals surface area contributed by atoms with Gasteiger partial charge in [-0.2, -0.15) is 0 Å². The fourth-order valence-electron chi connectivity index (χ4n) is 1.93. The minimum atomic E-state index is 0.355. The van der Waals surface area contributed by atoms with E-state index >= 15 is 0 Å². The van der Waals surface area contributed by atoms with Gasteiger partial charge in [0.25, 0.3) is 0 Å². The molecule has 3 heteroatoms. The van der Waals surface area contributed by atoms with Gasteiger partial charge in [0, 0.05) is 30.3 Å². The molecular weight excluding hydrogens is 240 g/mol. The van der Waals surface area contributed by atoms with Gasteiger partial charge in [-0.3, -0.25) is 0 Å². The van der Waals surface area contributed by atoms with Gasteiger partial charge in [0.05, 0.1) is 6.04 Å². The Kier molecular flexibility index (Phi) is 3.92. The van der Waals surface area contributed by atoms with Crippen LogP contribution in [0, 0.1) is 6.92 Å². The Balaban J connectivity index is 2.15. The average molecular weight is 260 g/mol. The molecule has 0 aliphatic carbocycles. The van der Waals surface area contributed by atoms with E-state index in [4.69, 9.17) is 0 Å². The van der Waals surface area contributed by atoms with Gasteiger partial charge in [0.1, 0.15) is 0 Å². The molecule has 1 N–H and O–H groups in total. The van der Waals surface area contributed by atoms with E-state index in [1.807, 2.05) is 0 Å². The van der Waals surface area contributed by atoms with Crippen LogP contribution in [0.15, 0.2) is 35.7 Å². The van der Waals surface area contributed by atoms with Crippen LogP contribution in [0.5, 0.6) is 0 Å². The highest BCUT2D eigenvalue weighted by Crippen LogP contribution is 2.27. The highest BCUT2D eigenvalue weighted by Gasteiger charge is 2.08. The van der Waals surface area contributed by atoms with Gasteiger partial charge in [-0.05, 0) is 49.1 Å². The van der Waals surface area contributed by atoms with Crippen molar-refractivity contribution in [2.75, 3.05) is 24.3 Å². The number of hydrogen-bond donors (Lipinski definition) is 1. The fraction of sp³-hybridized carbons (Fsp3) is 0.333. The molecule has 1 aromatic heterocycles. The van der Waals surface area contributed by atoms with Crippen LogP contribution in [0.4, 0.5) is 11.4 Å². The number of hydrogen-bond acceptors (Lipinski definition) is 3. The predicted molar refractivity (Wildman–Crippen MR) is 81.9 cm³/mol. The molecule has 1 heterocycles. The largest absolute Gasteiger partial charge is 0.378 e. The Bertz CT molecular complexity index is 503. The van der Waals surface area contributed by atoms with Crippen LogP contribution in [0.25, 0.3) is 0 Å². The van der Waals surface area contributed by atoms with Crippen molar-refractivity contribution in [3.05, 3.63) is 46.2 Å². The van der Waals surface area contributed by atoms with E-state index in [1.165, 1.54) is 21.8 Å². The number of benzene rings is 1. The lowest BCUT2D eigenvalue weighted by Crippen LogP contribution is -2.10. The van der Waals surface area contributed by atoms with E-state index in [0.717, 1.165) is 0 Å². The Morgan fingerprint density at radius 3 is 2.56 bits per heavy atom. The highest BCUT2D eigenvalue weighted by atomic mass is 32.1. The normalized spacial score (nSPS) is 12.2. The monoisotopic (exact) mass is 260 g/mol. The molecule has 0 bridgehead atoms. The SMILES string of the molecule is Cc1cc(N(C)C)ccc1NC(C)c1cccs1. The quantitative estimate of drug-likeness (QED) is 0.882. The summed E-state index contributed by atoms with van der Waals surface area (Å²) in [4.78, 5) is 3.49. The molecule has 0 saturated carbocycles. The molecule has 0 fully saturated rings. The summed E-state index contributed by atoms with van der Waals surface area (Å²) in [6.45, 7) is 4.35. The zero-order valence-electron chi connectivity index (χ0n) is 11.4. The number of rotatable bonds is 4. The van der Waals surface area contributed by atoms with Gasteiger partial charge in [-0.25, -0.2) is 0 Å². The molecule has 2 nitrogen and oxygen atoms in total. The van der Waals surface area contributed by atoms with E-state index in [1.54, 1.807) is 11.3 Å². The minimum Gasteiger partial charge on any atom is -0.378 e. The van der Waals surface area contributed by atoms with Crippen molar-refractivity contribution in [2.45, 2.75) is 19.9 Å². The van der Waals surface area contributed by atoms with Crippen LogP contribution < -0.4 is 10.2 Å². The number of nitrogens with one attached hydrogen (secondary N) is 1. The third-order valence-corrected chi connectivity index (χ3v) is 4.12. The van der Waals surface area contributed by atoms with Gasteiger partial charge in [0.2, 0.25) is 0 Å². The van der Waals surface area contributed by atoms with Crippen molar-refractivity contribution in [1.82, 2.24) is 0 Å². The average Bonchev–Trinajstić information content (AvgIpc) is 2.85. The maximum atomic E-state index is 3.57. The second kappa shape index (κ2) is 5.44. The summed E-state index contributed by atoms with van der Waals surface area (Å²) in [7, 11) is 4.13. The van der Waals surface area contributed by atoms with Crippen LogP contribution in [0.3, 0.4) is 0 Å². The molecule has 1 unspecified atom stereocenters. The summed E-state index contributed by atoms with van der Waals surface area (Å²) in [5.74, 6) is 0. The van der Waals surface area contributed by atoms with Gasteiger partial charge in [-0.1, -0.05) is 6.07 Å². The zero-order chi connectivity index (χ0) is 13.1. The maximum absolute atomic E-state index is 3.57. The topological polar surface area (TPSA) is 15.3 Å². The smallest absolute Gasteiger partial charge is 0.0578 e. The molecule has 0 radical (unpaired) electrons. The molecule has 2 aromatic rings. The fourth-order valence-corrected chi connectivity index (χ4v) is 2.66. The molecule has 96 valence electrons. The molecule has 0 aliphatic rings. The van der Waals surface area contributed by atoms with Crippen LogP contribution in [-0.4, -0.2) is 14.1 Å². The van der Waals surface area contributed by atoms with Crippen molar-refractivity contribution < 1.29 is 0 Å². The van der Waals surface area contributed by atoms with Gasteiger partial charge >= 0.3 is 0 Å². The summed E-state index contributed by atoms with van der Waals surface area (Å²) >= 11 is 1.79. The summed E-state index contributed by atoms with van der Waals surface area (Å²) in [6, 6.07) is 11.1. The highest BCUT2D eigenvalue weighted by molar-refractivity contribution is 7.10. The van der Waals surface area contributed by atoms with Crippen molar-refractivity contribution in [1.29, 1.82) is 0 Å². The molecule has 18 heavy (non-hydrogen) atoms. The van der Waals surface area contributed by atoms with E-state index in [-0.39, 0.29) is 0 Å². The molecule has 0 spiro atoms. The van der Waals surface area contributed by atoms with Gasteiger partial charge in [0.15, 0.2) is 0 Å². The predicted octanol–water partition coefficient (Wildman–Crippen LogP) is 4.30. The molecule has 0 aliphatic heterocycles. The Morgan fingerprint density at radius 1 is 1.22 bits per heavy atom. The number of nitrogens with zero attached hydrogens (tertiary/aromatic N) is 1. The first-order valence-electron chi connectivity index (χ1n) is 6.16. The van der Waals surface area contributed by atoms with E-state index < -0.39 is 0 Å². The number of thiophene rings is 1. The van der Waals surface area contributed by atoms with Crippen molar-refractivity contribution >= 4 is 22.7 Å². The number of aryl methyl sites for hydroxylation is 1. The van der Waals surface area contributed by atoms with Crippen molar-refractivity contribution in [2.24, 2.45) is 0 Å². The third kappa shape index (κ3) is 2.85. The Morgan fingerprint density at radius 2 is 2.00 bits per heavy atom. The van der Waals surface area contributed by atoms with Gasteiger partial charge < -0.3 is 10.2 Å². The van der Waals surface area contributed by atoms with Crippen LogP contribution in [-0.2, 0) is 0 Å². The molecular formula is C15H20N2S. The lowest BCUT2D eigenvalue weighted by Gasteiger charge is -2.19. The molecule has 0 saturated heterocycles. The molecule has 2 rings (SSSR count).